The second kappa shape index (κ2) is 4.17. The number of nitrogens with two attached hydrogens (primary N) is 1. The molecule has 0 fully saturated rings. The average molecular weight is 237 g/mol. The van der Waals surface area contributed by atoms with Gasteiger partial charge >= 0.3 is 0 Å². The number of nitrogens with zero attached hydrogens (tertiary/aromatic N) is 2. The van der Waals surface area contributed by atoms with Gasteiger partial charge < -0.3 is 5.73 Å². The summed E-state index contributed by atoms with van der Waals surface area (Å²) >= 11 is 1.37. The summed E-state index contributed by atoms with van der Waals surface area (Å²) in [6, 6.07) is 4.97. The summed E-state index contributed by atoms with van der Waals surface area (Å²) in [4.78, 5) is 0.599. The van der Waals surface area contributed by atoms with E-state index in [4.69, 9.17) is 5.73 Å². The van der Waals surface area contributed by atoms with E-state index < -0.39 is 0 Å². The fraction of sp³-hybridized carbons (Fsp3) is 0.182. The summed E-state index contributed by atoms with van der Waals surface area (Å²) in [7, 11) is 1.76. The number of hydrogen-bond acceptors (Lipinski definition) is 3. The molecule has 2 N–H and O–H groups in total. The van der Waals surface area contributed by atoms with Gasteiger partial charge in [-0.25, -0.2) is 4.39 Å². The lowest BCUT2D eigenvalue weighted by molar-refractivity contribution is 0.603. The lowest BCUT2D eigenvalue weighted by Crippen LogP contribution is -1.98. The highest BCUT2D eigenvalue weighted by Gasteiger charge is 2.13. The lowest BCUT2D eigenvalue weighted by atomic mass is 10.1. The Hall–Kier alpha value is -1.49. The Balaban J connectivity index is 2.64. The molecule has 0 aliphatic rings. The fourth-order valence-electron chi connectivity index (χ4n) is 1.58. The second-order valence-corrected chi connectivity index (χ2v) is 4.20. The number of aromatic nitrogens is 2. The van der Waals surface area contributed by atoms with Crippen LogP contribution in [-0.2, 0) is 7.05 Å². The van der Waals surface area contributed by atoms with E-state index in [1.54, 1.807) is 24.0 Å². The standard InChI is InChI=1S/C11H12FN3S/c1-15-11(13)8(6-14-15)7-4-3-5-9(12)10(7)16-2/h3-6H,13H2,1-2H3. The van der Waals surface area contributed by atoms with Crippen LogP contribution in [0.3, 0.4) is 0 Å². The minimum Gasteiger partial charge on any atom is -0.383 e. The third kappa shape index (κ3) is 1.67. The summed E-state index contributed by atoms with van der Waals surface area (Å²) < 4.78 is 15.2. The van der Waals surface area contributed by atoms with Crippen molar-refractivity contribution in [3.8, 4) is 11.1 Å². The lowest BCUT2D eigenvalue weighted by Gasteiger charge is -2.07. The highest BCUT2D eigenvalue weighted by Crippen LogP contribution is 2.34. The molecule has 0 unspecified atom stereocenters. The molecule has 0 bridgehead atoms. The first kappa shape index (κ1) is 11.0. The van der Waals surface area contributed by atoms with Crippen LogP contribution in [0.15, 0.2) is 29.3 Å². The van der Waals surface area contributed by atoms with Crippen molar-refractivity contribution in [2.24, 2.45) is 7.05 Å². The Morgan fingerprint density at radius 3 is 2.69 bits per heavy atom. The zero-order chi connectivity index (χ0) is 11.7. The molecule has 0 atom stereocenters. The van der Waals surface area contributed by atoms with Gasteiger partial charge in [-0.05, 0) is 12.3 Å². The number of halogens is 1. The van der Waals surface area contributed by atoms with Crippen molar-refractivity contribution in [3.63, 3.8) is 0 Å². The summed E-state index contributed by atoms with van der Waals surface area (Å²) in [6.07, 6.45) is 3.50. The molecule has 3 nitrogen and oxygen atoms in total. The topological polar surface area (TPSA) is 43.8 Å². The van der Waals surface area contributed by atoms with Crippen molar-refractivity contribution in [2.45, 2.75) is 4.90 Å². The van der Waals surface area contributed by atoms with Crippen LogP contribution in [0.2, 0.25) is 0 Å². The van der Waals surface area contributed by atoms with E-state index in [0.29, 0.717) is 10.7 Å². The number of anilines is 1. The smallest absolute Gasteiger partial charge is 0.137 e. The van der Waals surface area contributed by atoms with Gasteiger partial charge in [-0.2, -0.15) is 5.10 Å². The number of rotatable bonds is 2. The SMILES string of the molecule is CSc1c(F)cccc1-c1cnn(C)c1N. The summed E-state index contributed by atoms with van der Waals surface area (Å²) in [6.45, 7) is 0. The van der Waals surface area contributed by atoms with E-state index in [2.05, 4.69) is 5.10 Å². The van der Waals surface area contributed by atoms with Crippen LogP contribution in [0.25, 0.3) is 11.1 Å². The molecular weight excluding hydrogens is 225 g/mol. The molecule has 0 aliphatic heterocycles. The largest absolute Gasteiger partial charge is 0.383 e. The van der Waals surface area contributed by atoms with Crippen LogP contribution >= 0.6 is 11.8 Å². The van der Waals surface area contributed by atoms with Gasteiger partial charge in [-0.1, -0.05) is 12.1 Å². The van der Waals surface area contributed by atoms with Crippen molar-refractivity contribution >= 4 is 17.6 Å². The maximum absolute atomic E-state index is 13.6. The van der Waals surface area contributed by atoms with E-state index >= 15 is 0 Å². The minimum atomic E-state index is -0.228. The second-order valence-electron chi connectivity index (χ2n) is 3.39. The highest BCUT2D eigenvalue weighted by atomic mass is 32.2. The van der Waals surface area contributed by atoms with Gasteiger partial charge in [-0.15, -0.1) is 11.8 Å². The maximum Gasteiger partial charge on any atom is 0.137 e. The molecule has 1 aromatic carbocycles. The van der Waals surface area contributed by atoms with E-state index in [1.165, 1.54) is 17.8 Å². The molecule has 5 heteroatoms. The maximum atomic E-state index is 13.6. The molecule has 0 spiro atoms. The van der Waals surface area contributed by atoms with Crippen molar-refractivity contribution in [3.05, 3.63) is 30.2 Å². The molecule has 0 saturated carbocycles. The Kier molecular flexibility index (Phi) is 2.87. The number of hydrogen-bond donors (Lipinski definition) is 1. The highest BCUT2D eigenvalue weighted by molar-refractivity contribution is 7.98. The van der Waals surface area contributed by atoms with Gasteiger partial charge in [0.25, 0.3) is 0 Å². The van der Waals surface area contributed by atoms with Crippen LogP contribution < -0.4 is 5.73 Å². The molecule has 0 saturated heterocycles. The van der Waals surface area contributed by atoms with Gasteiger partial charge in [0.2, 0.25) is 0 Å². The molecule has 1 aromatic heterocycles. The van der Waals surface area contributed by atoms with Crippen LogP contribution in [0.1, 0.15) is 0 Å². The van der Waals surface area contributed by atoms with Gasteiger partial charge in [-0.3, -0.25) is 4.68 Å². The normalized spacial score (nSPS) is 10.7. The molecule has 0 aliphatic carbocycles. The Morgan fingerprint density at radius 2 is 2.12 bits per heavy atom. The van der Waals surface area contributed by atoms with Gasteiger partial charge in [0.05, 0.1) is 11.1 Å². The van der Waals surface area contributed by atoms with Gasteiger partial charge in [0.15, 0.2) is 0 Å². The van der Waals surface area contributed by atoms with E-state index in [-0.39, 0.29) is 5.82 Å². The summed E-state index contributed by atoms with van der Waals surface area (Å²) in [5.74, 6) is 0.314. The first-order valence-electron chi connectivity index (χ1n) is 4.75. The molecule has 16 heavy (non-hydrogen) atoms. The zero-order valence-corrected chi connectivity index (χ0v) is 9.88. The van der Waals surface area contributed by atoms with E-state index in [0.717, 1.165) is 11.1 Å². The van der Waals surface area contributed by atoms with Crippen LogP contribution in [0, 0.1) is 5.82 Å². The minimum absolute atomic E-state index is 0.228. The molecular formula is C11H12FN3S. The predicted octanol–water partition coefficient (Wildman–Crippen LogP) is 2.53. The van der Waals surface area contributed by atoms with Crippen LogP contribution in [0.5, 0.6) is 0 Å². The molecule has 2 aromatic rings. The molecule has 0 radical (unpaired) electrons. The van der Waals surface area contributed by atoms with E-state index in [9.17, 15) is 4.39 Å². The van der Waals surface area contributed by atoms with Crippen molar-refractivity contribution in [1.29, 1.82) is 0 Å². The van der Waals surface area contributed by atoms with E-state index in [1.807, 2.05) is 12.3 Å². The number of benzene rings is 1. The van der Waals surface area contributed by atoms with Crippen molar-refractivity contribution in [2.75, 3.05) is 12.0 Å². The first-order valence-corrected chi connectivity index (χ1v) is 5.98. The average Bonchev–Trinajstić information content (AvgIpc) is 2.59. The van der Waals surface area contributed by atoms with Crippen molar-refractivity contribution < 1.29 is 4.39 Å². The zero-order valence-electron chi connectivity index (χ0n) is 9.07. The number of thioether (sulfide) groups is 1. The number of aryl methyl sites for hydroxylation is 1. The van der Waals surface area contributed by atoms with Crippen LogP contribution in [0.4, 0.5) is 10.2 Å². The predicted molar refractivity (Wildman–Crippen MR) is 64.8 cm³/mol. The molecule has 1 heterocycles. The third-order valence-corrected chi connectivity index (χ3v) is 3.27. The summed E-state index contributed by atoms with van der Waals surface area (Å²) in [5, 5.41) is 4.06. The van der Waals surface area contributed by atoms with Gasteiger partial charge in [0, 0.05) is 18.2 Å². The quantitative estimate of drug-likeness (QED) is 0.816. The first-order chi connectivity index (χ1) is 7.65. The van der Waals surface area contributed by atoms with Crippen molar-refractivity contribution in [1.82, 2.24) is 9.78 Å². The van der Waals surface area contributed by atoms with Gasteiger partial charge in [0.1, 0.15) is 11.6 Å². The summed E-state index contributed by atoms with van der Waals surface area (Å²) in [5.41, 5.74) is 7.44. The Morgan fingerprint density at radius 1 is 1.38 bits per heavy atom. The van der Waals surface area contributed by atoms with Crippen LogP contribution in [-0.4, -0.2) is 16.0 Å². The molecule has 84 valence electrons. The third-order valence-electron chi connectivity index (χ3n) is 2.45. The molecule has 0 amide bonds. The fourth-order valence-corrected chi connectivity index (χ4v) is 2.24. The molecule has 2 rings (SSSR count). The monoisotopic (exact) mass is 237 g/mol. The number of nitrogen functional groups attached to an aromatic ring is 1. The Bertz CT molecular complexity index is 522. The Labute approximate surface area is 97.5 Å².